The molecule has 2 nitrogen and oxygen atoms in total. The molecule has 15 heavy (non-hydrogen) atoms. The first-order valence-electron chi connectivity index (χ1n) is 5.78. The van der Waals surface area contributed by atoms with E-state index in [1.807, 2.05) is 4.73 Å². The van der Waals surface area contributed by atoms with E-state index in [0.29, 0.717) is 0 Å². The second-order valence-electron chi connectivity index (χ2n) is 4.15. The summed E-state index contributed by atoms with van der Waals surface area (Å²) in [6.45, 7) is 9.29. The van der Waals surface area contributed by atoms with Crippen molar-refractivity contribution in [2.75, 3.05) is 6.61 Å². The molecule has 0 fully saturated rings. The third kappa shape index (κ3) is 3.54. The zero-order valence-electron chi connectivity index (χ0n) is 10.3. The van der Waals surface area contributed by atoms with E-state index >= 15 is 0 Å². The zero-order chi connectivity index (χ0) is 11.3. The first-order chi connectivity index (χ1) is 7.15. The fraction of sp³-hybridized carbons (Fsp3) is 0.615. The van der Waals surface area contributed by atoms with Crippen molar-refractivity contribution < 1.29 is 9.57 Å². The summed E-state index contributed by atoms with van der Waals surface area (Å²) in [5.74, 6) is 0. The Labute approximate surface area is 92.8 Å². The van der Waals surface area contributed by atoms with Crippen molar-refractivity contribution in [2.45, 2.75) is 47.0 Å². The van der Waals surface area contributed by atoms with Crippen LogP contribution in [-0.2, 0) is 0 Å². The third-order valence-electron chi connectivity index (χ3n) is 2.48. The Kier molecular flexibility index (Phi) is 4.60. The largest absolute Gasteiger partial charge is 0.271 e. The number of nitrogens with zero attached hydrogens (tertiary/aromatic N) is 1. The standard InChI is InChI=1S/C13H22NO/c1-5-6-7-8-15-14-12(3)9-11(2)10-13(14)4/h9-10H,5-8H2,1-4H3/q+1. The number of hydrogen-bond donors (Lipinski definition) is 0. The monoisotopic (exact) mass is 208 g/mol. The van der Waals surface area contributed by atoms with Gasteiger partial charge in [0.1, 0.15) is 0 Å². The highest BCUT2D eigenvalue weighted by molar-refractivity contribution is 5.13. The molecule has 84 valence electrons. The minimum absolute atomic E-state index is 0.809. The van der Waals surface area contributed by atoms with Gasteiger partial charge in [-0.05, 0) is 18.9 Å². The number of pyridine rings is 1. The van der Waals surface area contributed by atoms with Gasteiger partial charge in [0.05, 0.1) is 0 Å². The summed E-state index contributed by atoms with van der Waals surface area (Å²) in [6.07, 6.45) is 3.61. The summed E-state index contributed by atoms with van der Waals surface area (Å²) in [5.41, 5.74) is 3.63. The van der Waals surface area contributed by atoms with Crippen LogP contribution in [0.25, 0.3) is 0 Å². The van der Waals surface area contributed by atoms with Crippen molar-refractivity contribution in [3.8, 4) is 0 Å². The lowest BCUT2D eigenvalue weighted by atomic mass is 10.2. The van der Waals surface area contributed by atoms with Crippen LogP contribution in [-0.4, -0.2) is 6.61 Å². The molecule has 1 aromatic heterocycles. The van der Waals surface area contributed by atoms with Gasteiger partial charge in [-0.1, -0.05) is 19.8 Å². The summed E-state index contributed by atoms with van der Waals surface area (Å²) in [5, 5.41) is 0. The van der Waals surface area contributed by atoms with E-state index in [1.165, 1.54) is 29.8 Å². The molecule has 0 N–H and O–H groups in total. The van der Waals surface area contributed by atoms with Crippen molar-refractivity contribution in [3.05, 3.63) is 29.1 Å². The topological polar surface area (TPSA) is 13.1 Å². The van der Waals surface area contributed by atoms with Gasteiger partial charge in [-0.15, -0.1) is 0 Å². The quantitative estimate of drug-likeness (QED) is 0.535. The van der Waals surface area contributed by atoms with Gasteiger partial charge in [-0.25, -0.2) is 0 Å². The maximum atomic E-state index is 5.74. The van der Waals surface area contributed by atoms with Gasteiger partial charge in [0, 0.05) is 30.7 Å². The molecule has 1 aromatic rings. The van der Waals surface area contributed by atoms with Gasteiger partial charge in [-0.2, -0.15) is 0 Å². The number of aromatic nitrogens is 1. The van der Waals surface area contributed by atoms with Crippen molar-refractivity contribution >= 4 is 0 Å². The van der Waals surface area contributed by atoms with E-state index in [9.17, 15) is 0 Å². The first kappa shape index (κ1) is 12.0. The van der Waals surface area contributed by atoms with Crippen LogP contribution >= 0.6 is 0 Å². The molecular formula is C13H22NO+. The number of hydrogen-bond acceptors (Lipinski definition) is 1. The molecule has 0 saturated heterocycles. The smallest absolute Gasteiger partial charge is 0.231 e. The molecule has 0 aliphatic heterocycles. The van der Waals surface area contributed by atoms with Crippen molar-refractivity contribution in [2.24, 2.45) is 0 Å². The lowest BCUT2D eigenvalue weighted by molar-refractivity contribution is -0.899. The van der Waals surface area contributed by atoms with Crippen molar-refractivity contribution in [1.29, 1.82) is 0 Å². The minimum atomic E-state index is 0.809. The Bertz CT molecular complexity index is 297. The molecule has 2 heteroatoms. The fourth-order valence-electron chi connectivity index (χ4n) is 1.81. The number of aryl methyl sites for hydroxylation is 3. The molecule has 0 aliphatic carbocycles. The summed E-state index contributed by atoms with van der Waals surface area (Å²) in [4.78, 5) is 5.74. The SMILES string of the molecule is CCCCCO[n+]1c(C)cc(C)cc1C. The maximum absolute atomic E-state index is 5.74. The average molecular weight is 208 g/mol. The number of rotatable bonds is 5. The Morgan fingerprint density at radius 3 is 2.20 bits per heavy atom. The van der Waals surface area contributed by atoms with Crippen LogP contribution in [0.15, 0.2) is 12.1 Å². The second-order valence-corrected chi connectivity index (χ2v) is 4.15. The molecule has 1 rings (SSSR count). The molecule has 0 spiro atoms. The Morgan fingerprint density at radius 1 is 1.07 bits per heavy atom. The Hall–Kier alpha value is -1.05. The van der Waals surface area contributed by atoms with Crippen LogP contribution in [0.3, 0.4) is 0 Å². The lowest BCUT2D eigenvalue weighted by Gasteiger charge is -2.04. The summed E-state index contributed by atoms with van der Waals surface area (Å²) in [6, 6.07) is 4.29. The second kappa shape index (κ2) is 5.74. The lowest BCUT2D eigenvalue weighted by Crippen LogP contribution is -2.48. The van der Waals surface area contributed by atoms with Gasteiger partial charge in [-0.3, -0.25) is 4.84 Å². The molecule has 0 unspecified atom stereocenters. The summed E-state index contributed by atoms with van der Waals surface area (Å²) >= 11 is 0. The normalized spacial score (nSPS) is 10.4. The average Bonchev–Trinajstić information content (AvgIpc) is 2.15. The highest BCUT2D eigenvalue weighted by Crippen LogP contribution is 2.00. The summed E-state index contributed by atoms with van der Waals surface area (Å²) in [7, 11) is 0. The Morgan fingerprint density at radius 2 is 1.67 bits per heavy atom. The first-order valence-corrected chi connectivity index (χ1v) is 5.78. The maximum Gasteiger partial charge on any atom is 0.231 e. The van der Waals surface area contributed by atoms with Gasteiger partial charge in [0.2, 0.25) is 11.4 Å². The van der Waals surface area contributed by atoms with Crippen LogP contribution < -0.4 is 9.57 Å². The highest BCUT2D eigenvalue weighted by Gasteiger charge is 2.12. The van der Waals surface area contributed by atoms with Crippen LogP contribution in [0.1, 0.15) is 43.1 Å². The van der Waals surface area contributed by atoms with Crippen LogP contribution in [0.4, 0.5) is 0 Å². The van der Waals surface area contributed by atoms with Crippen molar-refractivity contribution in [3.63, 3.8) is 0 Å². The fourth-order valence-corrected chi connectivity index (χ4v) is 1.81. The third-order valence-corrected chi connectivity index (χ3v) is 2.48. The van der Waals surface area contributed by atoms with Crippen LogP contribution in [0.2, 0.25) is 0 Å². The van der Waals surface area contributed by atoms with Gasteiger partial charge >= 0.3 is 0 Å². The molecular weight excluding hydrogens is 186 g/mol. The van der Waals surface area contributed by atoms with E-state index in [4.69, 9.17) is 4.84 Å². The molecule has 1 heterocycles. The van der Waals surface area contributed by atoms with Crippen LogP contribution in [0.5, 0.6) is 0 Å². The molecule has 0 saturated carbocycles. The van der Waals surface area contributed by atoms with Crippen LogP contribution in [0, 0.1) is 20.8 Å². The molecule has 0 aromatic carbocycles. The van der Waals surface area contributed by atoms with E-state index in [-0.39, 0.29) is 0 Å². The zero-order valence-corrected chi connectivity index (χ0v) is 10.3. The van der Waals surface area contributed by atoms with Gasteiger partial charge < -0.3 is 0 Å². The predicted molar refractivity (Wildman–Crippen MR) is 61.8 cm³/mol. The van der Waals surface area contributed by atoms with Gasteiger partial charge in [0.25, 0.3) is 0 Å². The number of unbranched alkanes of at least 4 members (excludes halogenated alkanes) is 2. The molecule has 0 atom stereocenters. The van der Waals surface area contributed by atoms with E-state index in [1.54, 1.807) is 0 Å². The van der Waals surface area contributed by atoms with E-state index < -0.39 is 0 Å². The van der Waals surface area contributed by atoms with E-state index in [2.05, 4.69) is 39.8 Å². The molecule has 0 radical (unpaired) electrons. The van der Waals surface area contributed by atoms with Gasteiger partial charge in [0.15, 0.2) is 6.61 Å². The predicted octanol–water partition coefficient (Wildman–Crippen LogP) is 2.52. The molecule has 0 aliphatic rings. The minimum Gasteiger partial charge on any atom is -0.271 e. The van der Waals surface area contributed by atoms with Crippen molar-refractivity contribution in [1.82, 2.24) is 0 Å². The van der Waals surface area contributed by atoms with E-state index in [0.717, 1.165) is 13.0 Å². The molecule has 0 bridgehead atoms. The highest BCUT2D eigenvalue weighted by atomic mass is 16.7. The molecule has 0 amide bonds. The Balaban J connectivity index is 2.60. The summed E-state index contributed by atoms with van der Waals surface area (Å²) < 4.78 is 1.93.